The molecule has 1 fully saturated rings. The van der Waals surface area contributed by atoms with Gasteiger partial charge in [0.2, 0.25) is 11.8 Å². The molecular weight excluding hydrogens is 258 g/mol. The van der Waals surface area contributed by atoms with Gasteiger partial charge in [-0.25, -0.2) is 4.79 Å². The van der Waals surface area contributed by atoms with Gasteiger partial charge in [-0.15, -0.1) is 10.2 Å². The van der Waals surface area contributed by atoms with Crippen molar-refractivity contribution in [3.8, 4) is 0 Å². The van der Waals surface area contributed by atoms with E-state index in [0.717, 1.165) is 18.4 Å². The monoisotopic (exact) mass is 273 g/mol. The summed E-state index contributed by atoms with van der Waals surface area (Å²) in [5, 5.41) is 10.6. The van der Waals surface area contributed by atoms with Gasteiger partial charge in [-0.05, 0) is 18.4 Å². The number of nitrogens with zero attached hydrogens (tertiary/aromatic N) is 2. The molecule has 0 atom stereocenters. The maximum absolute atomic E-state index is 11.8. The second-order valence-electron chi connectivity index (χ2n) is 4.90. The highest BCUT2D eigenvalue weighted by molar-refractivity contribution is 5.69. The molecule has 1 aliphatic rings. The summed E-state index contributed by atoms with van der Waals surface area (Å²) in [6.07, 6.45) is 1.10. The molecule has 0 radical (unpaired) electrons. The highest BCUT2D eigenvalue weighted by Crippen LogP contribution is 2.44. The summed E-state index contributed by atoms with van der Waals surface area (Å²) in [5.74, 6) is 0.942. The van der Waals surface area contributed by atoms with Crippen molar-refractivity contribution in [1.82, 2.24) is 15.5 Å². The zero-order valence-electron chi connectivity index (χ0n) is 11.1. The minimum Gasteiger partial charge on any atom is -0.445 e. The molecule has 0 bridgehead atoms. The number of rotatable bonds is 4. The molecule has 1 N–H and O–H groups in total. The minimum atomic E-state index is -0.533. The van der Waals surface area contributed by atoms with Crippen LogP contribution in [0, 0.1) is 6.92 Å². The predicted octanol–water partition coefficient (Wildman–Crippen LogP) is 2.29. The lowest BCUT2D eigenvalue weighted by molar-refractivity contribution is 0.132. The van der Waals surface area contributed by atoms with E-state index in [2.05, 4.69) is 15.5 Å². The van der Waals surface area contributed by atoms with Crippen molar-refractivity contribution >= 4 is 6.09 Å². The molecule has 0 saturated heterocycles. The zero-order chi connectivity index (χ0) is 14.0. The number of alkyl carbamates (subject to hydrolysis) is 1. The molecule has 1 aromatic heterocycles. The number of amides is 1. The molecule has 0 unspecified atom stereocenters. The van der Waals surface area contributed by atoms with Crippen LogP contribution in [-0.4, -0.2) is 16.3 Å². The number of carbonyl (C=O) groups is 1. The Morgan fingerprint density at radius 2 is 2.10 bits per heavy atom. The fourth-order valence-electron chi connectivity index (χ4n) is 1.96. The Balaban J connectivity index is 1.57. The third kappa shape index (κ3) is 2.64. The van der Waals surface area contributed by atoms with Gasteiger partial charge in [0.25, 0.3) is 0 Å². The first-order chi connectivity index (χ1) is 9.68. The van der Waals surface area contributed by atoms with E-state index in [-0.39, 0.29) is 6.61 Å². The van der Waals surface area contributed by atoms with E-state index in [1.54, 1.807) is 6.92 Å². The van der Waals surface area contributed by atoms with Gasteiger partial charge in [-0.3, -0.25) is 0 Å². The summed E-state index contributed by atoms with van der Waals surface area (Å²) in [6, 6.07) is 9.53. The van der Waals surface area contributed by atoms with E-state index in [1.165, 1.54) is 0 Å². The largest absolute Gasteiger partial charge is 0.445 e. The van der Waals surface area contributed by atoms with Crippen LogP contribution in [0.5, 0.6) is 0 Å². The number of carbonyl (C=O) groups excluding carboxylic acids is 1. The molecule has 1 heterocycles. The lowest BCUT2D eigenvalue weighted by Gasteiger charge is -2.13. The molecule has 1 saturated carbocycles. The van der Waals surface area contributed by atoms with E-state index in [0.29, 0.717) is 11.8 Å². The Morgan fingerprint density at radius 3 is 2.70 bits per heavy atom. The number of nitrogens with one attached hydrogen (secondary N) is 1. The number of hydrogen-bond acceptors (Lipinski definition) is 5. The minimum absolute atomic E-state index is 0.242. The molecule has 6 heteroatoms. The van der Waals surface area contributed by atoms with Gasteiger partial charge in [0.1, 0.15) is 12.1 Å². The first-order valence-electron chi connectivity index (χ1n) is 6.47. The lowest BCUT2D eigenvalue weighted by Crippen LogP contribution is -2.35. The quantitative estimate of drug-likeness (QED) is 0.924. The third-order valence-corrected chi connectivity index (χ3v) is 3.24. The standard InChI is InChI=1S/C14H15N3O3/c1-10-16-17-12(20-10)14(7-8-14)15-13(18)19-9-11-5-3-2-4-6-11/h2-6H,7-9H2,1H3,(H,15,18). The van der Waals surface area contributed by atoms with Crippen LogP contribution in [0.3, 0.4) is 0 Å². The van der Waals surface area contributed by atoms with Gasteiger partial charge in [0.05, 0.1) is 0 Å². The number of ether oxygens (including phenoxy) is 1. The molecule has 20 heavy (non-hydrogen) atoms. The van der Waals surface area contributed by atoms with Crippen LogP contribution in [0.25, 0.3) is 0 Å². The fraction of sp³-hybridized carbons (Fsp3) is 0.357. The van der Waals surface area contributed by atoms with Gasteiger partial charge in [0.15, 0.2) is 0 Å². The van der Waals surface area contributed by atoms with Gasteiger partial charge in [-0.1, -0.05) is 30.3 Å². The molecule has 0 aliphatic heterocycles. The average Bonchev–Trinajstić information content (AvgIpc) is 3.10. The molecule has 1 aromatic carbocycles. The highest BCUT2D eigenvalue weighted by atomic mass is 16.5. The van der Waals surface area contributed by atoms with Crippen LogP contribution in [0.15, 0.2) is 34.7 Å². The molecule has 3 rings (SSSR count). The smallest absolute Gasteiger partial charge is 0.408 e. The van der Waals surface area contributed by atoms with E-state index < -0.39 is 11.6 Å². The van der Waals surface area contributed by atoms with Crippen molar-refractivity contribution < 1.29 is 13.9 Å². The van der Waals surface area contributed by atoms with Crippen molar-refractivity contribution in [2.45, 2.75) is 31.9 Å². The van der Waals surface area contributed by atoms with Crippen LogP contribution in [0.4, 0.5) is 4.79 Å². The number of aromatic nitrogens is 2. The van der Waals surface area contributed by atoms with Crippen molar-refractivity contribution in [2.75, 3.05) is 0 Å². The zero-order valence-corrected chi connectivity index (χ0v) is 11.1. The van der Waals surface area contributed by atoms with Gasteiger partial charge < -0.3 is 14.5 Å². The first kappa shape index (κ1) is 12.7. The van der Waals surface area contributed by atoms with Gasteiger partial charge >= 0.3 is 6.09 Å². The summed E-state index contributed by atoms with van der Waals surface area (Å²) in [7, 11) is 0. The summed E-state index contributed by atoms with van der Waals surface area (Å²) in [5.41, 5.74) is 0.413. The highest BCUT2D eigenvalue weighted by Gasteiger charge is 2.51. The van der Waals surface area contributed by atoms with Crippen LogP contribution in [0.1, 0.15) is 30.2 Å². The summed E-state index contributed by atoms with van der Waals surface area (Å²) in [6.45, 7) is 1.96. The molecule has 6 nitrogen and oxygen atoms in total. The van der Waals surface area contributed by atoms with Gasteiger partial charge in [-0.2, -0.15) is 0 Å². The lowest BCUT2D eigenvalue weighted by atomic mass is 10.2. The third-order valence-electron chi connectivity index (χ3n) is 3.24. The van der Waals surface area contributed by atoms with E-state index in [1.807, 2.05) is 30.3 Å². The van der Waals surface area contributed by atoms with Gasteiger partial charge in [0, 0.05) is 6.92 Å². The topological polar surface area (TPSA) is 77.2 Å². The molecule has 104 valence electrons. The van der Waals surface area contributed by atoms with Crippen LogP contribution in [-0.2, 0) is 16.9 Å². The molecule has 2 aromatic rings. The fourth-order valence-corrected chi connectivity index (χ4v) is 1.96. The number of benzene rings is 1. The van der Waals surface area contributed by atoms with Crippen LogP contribution >= 0.6 is 0 Å². The molecule has 1 amide bonds. The Labute approximate surface area is 116 Å². The second-order valence-corrected chi connectivity index (χ2v) is 4.90. The Kier molecular flexibility index (Phi) is 3.14. The summed E-state index contributed by atoms with van der Waals surface area (Å²) < 4.78 is 10.6. The molecule has 1 aliphatic carbocycles. The Hall–Kier alpha value is -2.37. The molecular formula is C14H15N3O3. The second kappa shape index (κ2) is 4.96. The maximum Gasteiger partial charge on any atom is 0.408 e. The first-order valence-corrected chi connectivity index (χ1v) is 6.47. The average molecular weight is 273 g/mol. The number of hydrogen-bond donors (Lipinski definition) is 1. The Morgan fingerprint density at radius 1 is 1.35 bits per heavy atom. The summed E-state index contributed by atoms with van der Waals surface area (Å²) >= 11 is 0. The normalized spacial score (nSPS) is 15.7. The van der Waals surface area contributed by atoms with Crippen molar-refractivity contribution in [3.63, 3.8) is 0 Å². The van der Waals surface area contributed by atoms with Crippen molar-refractivity contribution in [2.24, 2.45) is 0 Å². The molecule has 0 spiro atoms. The summed E-state index contributed by atoms with van der Waals surface area (Å²) in [4.78, 5) is 11.8. The van der Waals surface area contributed by atoms with E-state index in [9.17, 15) is 4.79 Å². The van der Waals surface area contributed by atoms with E-state index >= 15 is 0 Å². The van der Waals surface area contributed by atoms with Crippen molar-refractivity contribution in [1.29, 1.82) is 0 Å². The Bertz CT molecular complexity index is 605. The predicted molar refractivity (Wildman–Crippen MR) is 69.7 cm³/mol. The van der Waals surface area contributed by atoms with E-state index in [4.69, 9.17) is 9.15 Å². The SMILES string of the molecule is Cc1nnc(C2(NC(=O)OCc3ccccc3)CC2)o1. The van der Waals surface area contributed by atoms with Crippen LogP contribution in [0.2, 0.25) is 0 Å². The van der Waals surface area contributed by atoms with Crippen molar-refractivity contribution in [3.05, 3.63) is 47.7 Å². The van der Waals surface area contributed by atoms with Crippen LogP contribution < -0.4 is 5.32 Å². The number of aryl methyl sites for hydroxylation is 1. The maximum atomic E-state index is 11.8.